The first-order valence-electron chi connectivity index (χ1n) is 10.6. The summed E-state index contributed by atoms with van der Waals surface area (Å²) in [7, 11) is -3.94. The number of carbonyl (C=O) groups excluding carboxylic acids is 1. The van der Waals surface area contributed by atoms with Gasteiger partial charge >= 0.3 is 0 Å². The van der Waals surface area contributed by atoms with Gasteiger partial charge in [-0.3, -0.25) is 9.10 Å². The average molecular weight is 469 g/mol. The first kappa shape index (κ1) is 22.4. The van der Waals surface area contributed by atoms with E-state index in [-0.39, 0.29) is 23.4 Å². The van der Waals surface area contributed by atoms with Gasteiger partial charge in [0.2, 0.25) is 5.91 Å². The molecule has 0 aromatic heterocycles. The Morgan fingerprint density at radius 3 is 2.41 bits per heavy atom. The summed E-state index contributed by atoms with van der Waals surface area (Å²) >= 11 is 5.98. The zero-order chi connectivity index (χ0) is 22.7. The van der Waals surface area contributed by atoms with Gasteiger partial charge in [-0.15, -0.1) is 0 Å². The van der Waals surface area contributed by atoms with Crippen molar-refractivity contribution < 1.29 is 13.2 Å². The zero-order valence-electron chi connectivity index (χ0n) is 17.8. The van der Waals surface area contributed by atoms with Crippen molar-refractivity contribution in [3.8, 4) is 0 Å². The molecule has 1 aliphatic rings. The molecule has 0 spiro atoms. The van der Waals surface area contributed by atoms with Gasteiger partial charge in [0.1, 0.15) is 6.54 Å². The molecule has 1 aliphatic carbocycles. The number of carbonyl (C=O) groups is 1. The Hall–Kier alpha value is -2.83. The summed E-state index contributed by atoms with van der Waals surface area (Å²) in [5.41, 5.74) is 4.09. The molecule has 0 heterocycles. The third kappa shape index (κ3) is 4.81. The molecule has 32 heavy (non-hydrogen) atoms. The van der Waals surface area contributed by atoms with Crippen LogP contribution in [0.5, 0.6) is 0 Å². The molecule has 4 rings (SSSR count). The Bertz CT molecular complexity index is 1210. The standard InChI is InChI=1S/C25H25ClN2O3S/c1-18(20-11-10-19-6-5-7-21(19)16-20)27-25(29)17-28(23-14-12-22(26)13-15-23)32(30,31)24-8-3-2-4-9-24/h2-4,8-16,18H,5-7,17H2,1H3,(H,27,29)/t18-/m1/s1. The number of benzene rings is 3. The maximum absolute atomic E-state index is 13.3. The van der Waals surface area contributed by atoms with E-state index in [4.69, 9.17) is 11.6 Å². The van der Waals surface area contributed by atoms with Crippen molar-refractivity contribution in [3.05, 3.63) is 94.5 Å². The molecule has 166 valence electrons. The number of nitrogens with one attached hydrogen (secondary N) is 1. The van der Waals surface area contributed by atoms with Gasteiger partial charge in [-0.2, -0.15) is 0 Å². The van der Waals surface area contributed by atoms with Crippen LogP contribution in [0, 0.1) is 0 Å². The summed E-state index contributed by atoms with van der Waals surface area (Å²) in [5.74, 6) is -0.382. The lowest BCUT2D eigenvalue weighted by atomic mass is 10.0. The van der Waals surface area contributed by atoms with Crippen LogP contribution in [0.15, 0.2) is 77.7 Å². The molecule has 3 aromatic rings. The first-order valence-corrected chi connectivity index (χ1v) is 12.4. The van der Waals surface area contributed by atoms with Gasteiger partial charge in [-0.25, -0.2) is 8.42 Å². The molecule has 0 radical (unpaired) electrons. The number of nitrogens with zero attached hydrogens (tertiary/aromatic N) is 1. The molecule has 1 amide bonds. The lowest BCUT2D eigenvalue weighted by molar-refractivity contribution is -0.120. The van der Waals surface area contributed by atoms with Gasteiger partial charge in [0, 0.05) is 5.02 Å². The summed E-state index contributed by atoms with van der Waals surface area (Å²) < 4.78 is 27.8. The van der Waals surface area contributed by atoms with E-state index in [1.807, 2.05) is 13.0 Å². The number of aryl methyl sites for hydroxylation is 2. The van der Waals surface area contributed by atoms with Crippen molar-refractivity contribution in [2.45, 2.75) is 37.1 Å². The second-order valence-electron chi connectivity index (χ2n) is 7.97. The predicted molar refractivity (Wildman–Crippen MR) is 127 cm³/mol. The van der Waals surface area contributed by atoms with Crippen molar-refractivity contribution in [1.82, 2.24) is 5.32 Å². The first-order chi connectivity index (χ1) is 15.3. The number of amides is 1. The second-order valence-corrected chi connectivity index (χ2v) is 10.3. The van der Waals surface area contributed by atoms with Gasteiger partial charge in [-0.1, -0.05) is 48.0 Å². The van der Waals surface area contributed by atoms with Crippen LogP contribution in [-0.4, -0.2) is 20.9 Å². The fraction of sp³-hybridized carbons (Fsp3) is 0.240. The van der Waals surface area contributed by atoms with Crippen molar-refractivity contribution >= 4 is 33.2 Å². The average Bonchev–Trinajstić information content (AvgIpc) is 3.26. The molecule has 1 N–H and O–H groups in total. The van der Waals surface area contributed by atoms with Gasteiger partial charge in [0.25, 0.3) is 10.0 Å². The van der Waals surface area contributed by atoms with Crippen LogP contribution in [-0.2, 0) is 27.7 Å². The highest BCUT2D eigenvalue weighted by Gasteiger charge is 2.27. The predicted octanol–water partition coefficient (Wildman–Crippen LogP) is 4.90. The second kappa shape index (κ2) is 9.35. The lowest BCUT2D eigenvalue weighted by Gasteiger charge is -2.25. The van der Waals surface area contributed by atoms with Crippen molar-refractivity contribution in [1.29, 1.82) is 0 Å². The minimum Gasteiger partial charge on any atom is -0.348 e. The van der Waals surface area contributed by atoms with Gasteiger partial charge in [0.15, 0.2) is 0 Å². The van der Waals surface area contributed by atoms with E-state index < -0.39 is 10.0 Å². The fourth-order valence-corrected chi connectivity index (χ4v) is 5.57. The minimum atomic E-state index is -3.94. The third-order valence-corrected chi connectivity index (χ3v) is 7.77. The molecule has 7 heteroatoms. The van der Waals surface area contributed by atoms with Crippen LogP contribution < -0.4 is 9.62 Å². The van der Waals surface area contributed by atoms with E-state index in [2.05, 4.69) is 17.4 Å². The molecule has 0 bridgehead atoms. The Balaban J connectivity index is 1.56. The number of sulfonamides is 1. The highest BCUT2D eigenvalue weighted by atomic mass is 35.5. The maximum atomic E-state index is 13.3. The van der Waals surface area contributed by atoms with Crippen LogP contribution in [0.2, 0.25) is 5.02 Å². The molecule has 0 unspecified atom stereocenters. The molecule has 5 nitrogen and oxygen atoms in total. The number of fused-ring (bicyclic) bond motifs is 1. The van der Waals surface area contributed by atoms with Crippen LogP contribution in [0.3, 0.4) is 0 Å². The van der Waals surface area contributed by atoms with Crippen LogP contribution in [0.25, 0.3) is 0 Å². The number of hydrogen-bond acceptors (Lipinski definition) is 3. The van der Waals surface area contributed by atoms with Gasteiger partial charge in [-0.05, 0) is 79.3 Å². The SMILES string of the molecule is C[C@@H](NC(=O)CN(c1ccc(Cl)cc1)S(=O)(=O)c1ccccc1)c1ccc2c(c1)CCC2. The molecule has 3 aromatic carbocycles. The highest BCUT2D eigenvalue weighted by Crippen LogP contribution is 2.27. The van der Waals surface area contributed by atoms with Crippen LogP contribution >= 0.6 is 11.6 Å². The largest absolute Gasteiger partial charge is 0.348 e. The van der Waals surface area contributed by atoms with Crippen molar-refractivity contribution in [3.63, 3.8) is 0 Å². The normalized spacial score (nSPS) is 13.9. The smallest absolute Gasteiger partial charge is 0.264 e. The summed E-state index contributed by atoms with van der Waals surface area (Å²) in [6, 6.07) is 20.6. The monoisotopic (exact) mass is 468 g/mol. The number of anilines is 1. The summed E-state index contributed by atoms with van der Waals surface area (Å²) in [6.07, 6.45) is 3.32. The van der Waals surface area contributed by atoms with Gasteiger partial charge in [0.05, 0.1) is 16.6 Å². The quantitative estimate of drug-likeness (QED) is 0.536. The molecule has 0 aliphatic heterocycles. The molecular formula is C25H25ClN2O3S. The van der Waals surface area contributed by atoms with Crippen molar-refractivity contribution in [2.75, 3.05) is 10.8 Å². The molecular weight excluding hydrogens is 444 g/mol. The van der Waals surface area contributed by atoms with Crippen LogP contribution in [0.4, 0.5) is 5.69 Å². The molecule has 0 fully saturated rings. The van der Waals surface area contributed by atoms with E-state index in [1.165, 1.54) is 23.3 Å². The maximum Gasteiger partial charge on any atom is 0.264 e. The highest BCUT2D eigenvalue weighted by molar-refractivity contribution is 7.92. The fourth-order valence-electron chi connectivity index (χ4n) is 4.00. The van der Waals surface area contributed by atoms with E-state index in [9.17, 15) is 13.2 Å². The minimum absolute atomic E-state index is 0.120. The Kier molecular flexibility index (Phi) is 6.53. The molecule has 0 saturated heterocycles. The van der Waals surface area contributed by atoms with Crippen LogP contribution in [0.1, 0.15) is 36.1 Å². The summed E-state index contributed by atoms with van der Waals surface area (Å²) in [5, 5.41) is 3.44. The van der Waals surface area contributed by atoms with Crippen molar-refractivity contribution in [2.24, 2.45) is 0 Å². The Labute approximate surface area is 194 Å². The number of halogens is 1. The third-order valence-electron chi connectivity index (χ3n) is 5.73. The number of rotatable bonds is 7. The molecule has 0 saturated carbocycles. The lowest BCUT2D eigenvalue weighted by Crippen LogP contribution is -2.41. The topological polar surface area (TPSA) is 66.5 Å². The Morgan fingerprint density at radius 1 is 1.00 bits per heavy atom. The van der Waals surface area contributed by atoms with Gasteiger partial charge < -0.3 is 5.32 Å². The summed E-state index contributed by atoms with van der Waals surface area (Å²) in [4.78, 5) is 13.1. The van der Waals surface area contributed by atoms with E-state index in [0.717, 1.165) is 29.1 Å². The Morgan fingerprint density at radius 2 is 1.69 bits per heavy atom. The van der Waals surface area contributed by atoms with E-state index >= 15 is 0 Å². The number of hydrogen-bond donors (Lipinski definition) is 1. The van der Waals surface area contributed by atoms with E-state index in [1.54, 1.807) is 42.5 Å². The molecule has 1 atom stereocenters. The zero-order valence-corrected chi connectivity index (χ0v) is 19.4. The summed E-state index contributed by atoms with van der Waals surface area (Å²) in [6.45, 7) is 1.57. The van der Waals surface area contributed by atoms with E-state index in [0.29, 0.717) is 10.7 Å².